The topological polar surface area (TPSA) is 23.8 Å². The van der Waals surface area contributed by atoms with Crippen LogP contribution in [-0.4, -0.2) is 0 Å². The Labute approximate surface area is 129 Å². The van der Waals surface area contributed by atoms with Crippen LogP contribution in [0.1, 0.15) is 65.2 Å². The second kappa shape index (κ2) is 4.87. The van der Waals surface area contributed by atoms with Gasteiger partial charge in [0.25, 0.3) is 0 Å². The van der Waals surface area contributed by atoms with Gasteiger partial charge in [0.1, 0.15) is 0 Å². The summed E-state index contributed by atoms with van der Waals surface area (Å²) in [5.41, 5.74) is 1.34. The molecule has 0 amide bonds. The number of nitriles is 1. The highest BCUT2D eigenvalue weighted by atomic mass is 14.6. The summed E-state index contributed by atoms with van der Waals surface area (Å²) < 4.78 is 0. The van der Waals surface area contributed by atoms with E-state index in [-0.39, 0.29) is 5.41 Å². The van der Waals surface area contributed by atoms with Crippen molar-refractivity contribution >= 4 is 0 Å². The standard InChI is InChI=1S/C20H29N/c1-13-3-8-18-14(9-13)4-5-15-11-20(2)16(10-19(15)18)6-7-17(20)12-21/h7,13-16,18-19H,3-6,8-11H2,1-2H3/t13-,14+,15+,16-,18+,19+,20-/m1/s1. The van der Waals surface area contributed by atoms with Gasteiger partial charge in [-0.1, -0.05) is 26.3 Å². The van der Waals surface area contributed by atoms with Crippen molar-refractivity contribution in [3.8, 4) is 6.07 Å². The summed E-state index contributed by atoms with van der Waals surface area (Å²) in [5.74, 6) is 5.69. The van der Waals surface area contributed by atoms with Crippen molar-refractivity contribution in [1.82, 2.24) is 0 Å². The molecule has 0 aromatic rings. The highest BCUT2D eigenvalue weighted by Gasteiger charge is 2.53. The van der Waals surface area contributed by atoms with Crippen LogP contribution in [0.4, 0.5) is 0 Å². The second-order valence-electron chi connectivity index (χ2n) is 8.86. The summed E-state index contributed by atoms with van der Waals surface area (Å²) in [5, 5.41) is 9.46. The quantitative estimate of drug-likeness (QED) is 0.589. The number of hydrogen-bond donors (Lipinski definition) is 0. The molecule has 1 nitrogen and oxygen atoms in total. The molecule has 4 rings (SSSR count). The molecule has 4 aliphatic rings. The zero-order chi connectivity index (χ0) is 14.6. The summed E-state index contributed by atoms with van der Waals surface area (Å²) in [4.78, 5) is 0. The Kier molecular flexibility index (Phi) is 3.21. The van der Waals surface area contributed by atoms with Gasteiger partial charge in [-0.3, -0.25) is 0 Å². The van der Waals surface area contributed by atoms with Gasteiger partial charge in [-0.05, 0) is 80.5 Å². The minimum Gasteiger partial charge on any atom is -0.193 e. The third-order valence-corrected chi connectivity index (χ3v) is 7.85. The van der Waals surface area contributed by atoms with Crippen LogP contribution in [0.25, 0.3) is 0 Å². The monoisotopic (exact) mass is 283 g/mol. The van der Waals surface area contributed by atoms with Crippen LogP contribution in [0.5, 0.6) is 0 Å². The fraction of sp³-hybridized carbons (Fsp3) is 0.850. The lowest BCUT2D eigenvalue weighted by atomic mass is 9.50. The Bertz CT molecular complexity index is 498. The first-order valence-corrected chi connectivity index (χ1v) is 9.22. The first-order chi connectivity index (χ1) is 10.1. The molecule has 0 aromatic heterocycles. The largest absolute Gasteiger partial charge is 0.193 e. The molecule has 1 heteroatoms. The van der Waals surface area contributed by atoms with Crippen molar-refractivity contribution in [3.05, 3.63) is 11.6 Å². The Morgan fingerprint density at radius 3 is 2.71 bits per heavy atom. The van der Waals surface area contributed by atoms with E-state index in [1.54, 1.807) is 0 Å². The van der Waals surface area contributed by atoms with Crippen molar-refractivity contribution in [3.63, 3.8) is 0 Å². The molecule has 114 valence electrons. The van der Waals surface area contributed by atoms with Crippen molar-refractivity contribution in [1.29, 1.82) is 5.26 Å². The summed E-state index contributed by atoms with van der Waals surface area (Å²) in [6.45, 7) is 4.85. The van der Waals surface area contributed by atoms with Crippen molar-refractivity contribution < 1.29 is 0 Å². The van der Waals surface area contributed by atoms with Gasteiger partial charge in [0.05, 0.1) is 6.07 Å². The molecule has 0 bridgehead atoms. The fourth-order valence-corrected chi connectivity index (χ4v) is 6.68. The maximum Gasteiger partial charge on any atom is 0.0949 e. The molecule has 0 spiro atoms. The van der Waals surface area contributed by atoms with E-state index in [0.717, 1.165) is 41.1 Å². The first kappa shape index (κ1) is 13.9. The Balaban J connectivity index is 1.56. The lowest BCUT2D eigenvalue weighted by Crippen LogP contribution is -2.46. The Morgan fingerprint density at radius 1 is 1.10 bits per heavy atom. The van der Waals surface area contributed by atoms with E-state index in [2.05, 4.69) is 26.0 Å². The van der Waals surface area contributed by atoms with Gasteiger partial charge in [-0.15, -0.1) is 0 Å². The van der Waals surface area contributed by atoms with E-state index in [1.807, 2.05) is 0 Å². The van der Waals surface area contributed by atoms with Crippen LogP contribution in [0, 0.1) is 52.3 Å². The molecule has 3 saturated carbocycles. The van der Waals surface area contributed by atoms with Gasteiger partial charge in [0, 0.05) is 11.0 Å². The lowest BCUT2D eigenvalue weighted by molar-refractivity contribution is -0.0355. The van der Waals surface area contributed by atoms with E-state index < -0.39 is 0 Å². The lowest BCUT2D eigenvalue weighted by Gasteiger charge is -2.54. The van der Waals surface area contributed by atoms with Crippen molar-refractivity contribution in [2.45, 2.75) is 65.2 Å². The van der Waals surface area contributed by atoms with Crippen LogP contribution in [0.15, 0.2) is 11.6 Å². The molecule has 7 atom stereocenters. The molecule has 0 aliphatic heterocycles. The number of hydrogen-bond acceptors (Lipinski definition) is 1. The van der Waals surface area contributed by atoms with E-state index in [9.17, 15) is 5.26 Å². The number of nitrogens with zero attached hydrogens (tertiary/aromatic N) is 1. The molecule has 0 N–H and O–H groups in total. The number of allylic oxidation sites excluding steroid dienone is 2. The summed E-state index contributed by atoms with van der Waals surface area (Å²) in [6.07, 6.45) is 13.5. The zero-order valence-corrected chi connectivity index (χ0v) is 13.6. The zero-order valence-electron chi connectivity index (χ0n) is 13.6. The van der Waals surface area contributed by atoms with Gasteiger partial charge in [-0.25, -0.2) is 0 Å². The summed E-state index contributed by atoms with van der Waals surface area (Å²) in [6, 6.07) is 2.52. The van der Waals surface area contributed by atoms with E-state index in [4.69, 9.17) is 0 Å². The van der Waals surface area contributed by atoms with Crippen molar-refractivity contribution in [2.75, 3.05) is 0 Å². The minimum absolute atomic E-state index is 0.227. The average Bonchev–Trinajstić information content (AvgIpc) is 2.80. The van der Waals surface area contributed by atoms with Crippen molar-refractivity contribution in [2.24, 2.45) is 40.9 Å². The van der Waals surface area contributed by atoms with Crippen LogP contribution < -0.4 is 0 Å². The number of rotatable bonds is 0. The highest BCUT2D eigenvalue weighted by Crippen LogP contribution is 2.61. The molecule has 21 heavy (non-hydrogen) atoms. The molecule has 0 unspecified atom stereocenters. The smallest absolute Gasteiger partial charge is 0.0949 e. The third kappa shape index (κ3) is 2.01. The minimum atomic E-state index is 0.227. The molecule has 0 heterocycles. The fourth-order valence-electron chi connectivity index (χ4n) is 6.68. The SMILES string of the molecule is C[C@@H]1CC[C@H]2[C@@H](CC[C@H]3C[C@@]4(C)C(C#N)=CC[C@@H]4C[C@@H]32)C1. The van der Waals surface area contributed by atoms with Gasteiger partial charge >= 0.3 is 0 Å². The Morgan fingerprint density at radius 2 is 1.90 bits per heavy atom. The molecule has 3 fully saturated rings. The molecular formula is C20H29N. The second-order valence-corrected chi connectivity index (χ2v) is 8.86. The molecule has 0 aromatic carbocycles. The molecular weight excluding hydrogens is 254 g/mol. The van der Waals surface area contributed by atoms with Crippen LogP contribution >= 0.6 is 0 Å². The maximum atomic E-state index is 9.46. The van der Waals surface area contributed by atoms with Gasteiger partial charge in [0.2, 0.25) is 0 Å². The van der Waals surface area contributed by atoms with Gasteiger partial charge < -0.3 is 0 Å². The van der Waals surface area contributed by atoms with E-state index in [1.165, 1.54) is 51.4 Å². The van der Waals surface area contributed by atoms with E-state index in [0.29, 0.717) is 0 Å². The predicted molar refractivity (Wildman–Crippen MR) is 85.4 cm³/mol. The molecule has 0 radical (unpaired) electrons. The van der Waals surface area contributed by atoms with Gasteiger partial charge in [-0.2, -0.15) is 5.26 Å². The normalized spacial score (nSPS) is 52.1. The summed E-state index contributed by atoms with van der Waals surface area (Å²) >= 11 is 0. The summed E-state index contributed by atoms with van der Waals surface area (Å²) in [7, 11) is 0. The Hall–Kier alpha value is -0.770. The third-order valence-electron chi connectivity index (χ3n) is 7.85. The van der Waals surface area contributed by atoms with Gasteiger partial charge in [0.15, 0.2) is 0 Å². The number of fused-ring (bicyclic) bond motifs is 4. The predicted octanol–water partition coefficient (Wildman–Crippen LogP) is 5.33. The maximum absolute atomic E-state index is 9.46. The average molecular weight is 283 g/mol. The van der Waals surface area contributed by atoms with Crippen LogP contribution in [-0.2, 0) is 0 Å². The van der Waals surface area contributed by atoms with E-state index >= 15 is 0 Å². The first-order valence-electron chi connectivity index (χ1n) is 9.22. The van der Waals surface area contributed by atoms with Crippen LogP contribution in [0.2, 0.25) is 0 Å². The van der Waals surface area contributed by atoms with Crippen LogP contribution in [0.3, 0.4) is 0 Å². The molecule has 4 aliphatic carbocycles. The molecule has 0 saturated heterocycles. The highest BCUT2D eigenvalue weighted by molar-refractivity contribution is 5.35.